The number of methoxy groups -OCH3 is 1. The Hall–Kier alpha value is -4.22. The molecule has 4 aromatic rings. The first kappa shape index (κ1) is 26.4. The third-order valence-corrected chi connectivity index (χ3v) is 6.35. The van der Waals surface area contributed by atoms with Gasteiger partial charge in [0.2, 0.25) is 17.8 Å². The SMILES string of the molecule is COc1cc(/C=N\Nc2nc(Nc3ccccc3)nc(N3CCOCC3)n2)ccc1OCc1ccc(Br)cc1. The molecule has 1 aromatic heterocycles. The number of halogens is 1. The minimum Gasteiger partial charge on any atom is -0.493 e. The average Bonchev–Trinajstić information content (AvgIpc) is 2.98. The molecular formula is C28H28BrN7O3. The predicted octanol–water partition coefficient (Wildman–Crippen LogP) is 5.25. The number of nitrogens with one attached hydrogen (secondary N) is 2. The van der Waals surface area contributed by atoms with Crippen LogP contribution in [0.4, 0.5) is 23.5 Å². The van der Waals surface area contributed by atoms with Gasteiger partial charge in [0, 0.05) is 23.2 Å². The van der Waals surface area contributed by atoms with Crippen molar-refractivity contribution in [2.45, 2.75) is 6.61 Å². The molecule has 0 aliphatic carbocycles. The average molecular weight is 590 g/mol. The summed E-state index contributed by atoms with van der Waals surface area (Å²) in [6.07, 6.45) is 1.67. The second kappa shape index (κ2) is 13.0. The summed E-state index contributed by atoms with van der Waals surface area (Å²) < 4.78 is 18.0. The van der Waals surface area contributed by atoms with E-state index < -0.39 is 0 Å². The lowest BCUT2D eigenvalue weighted by molar-refractivity contribution is 0.122. The smallest absolute Gasteiger partial charge is 0.250 e. The van der Waals surface area contributed by atoms with E-state index in [2.05, 4.69) is 51.6 Å². The third-order valence-electron chi connectivity index (χ3n) is 5.82. The molecule has 0 unspecified atom stereocenters. The Bertz CT molecular complexity index is 1400. The lowest BCUT2D eigenvalue weighted by Crippen LogP contribution is -2.37. The number of hydrogen-bond acceptors (Lipinski definition) is 10. The highest BCUT2D eigenvalue weighted by molar-refractivity contribution is 9.10. The highest BCUT2D eigenvalue weighted by atomic mass is 79.9. The number of hydrazone groups is 1. The maximum atomic E-state index is 5.97. The summed E-state index contributed by atoms with van der Waals surface area (Å²) in [6, 6.07) is 23.4. The Morgan fingerprint density at radius 1 is 0.949 bits per heavy atom. The first-order valence-corrected chi connectivity index (χ1v) is 13.2. The lowest BCUT2D eigenvalue weighted by atomic mass is 10.2. The Morgan fingerprint density at radius 2 is 1.72 bits per heavy atom. The summed E-state index contributed by atoms with van der Waals surface area (Å²) in [5.74, 6) is 2.56. The highest BCUT2D eigenvalue weighted by Crippen LogP contribution is 2.28. The Balaban J connectivity index is 1.28. The van der Waals surface area contributed by atoms with E-state index in [4.69, 9.17) is 14.2 Å². The zero-order valence-electron chi connectivity index (χ0n) is 21.4. The van der Waals surface area contributed by atoms with Crippen LogP contribution in [0.5, 0.6) is 11.5 Å². The third kappa shape index (κ3) is 7.43. The number of rotatable bonds is 10. The number of para-hydroxylation sites is 1. The number of morpholine rings is 1. The summed E-state index contributed by atoms with van der Waals surface area (Å²) >= 11 is 3.45. The first-order valence-electron chi connectivity index (χ1n) is 12.4. The van der Waals surface area contributed by atoms with E-state index in [0.29, 0.717) is 62.3 Å². The van der Waals surface area contributed by atoms with Gasteiger partial charge < -0.3 is 24.4 Å². The number of anilines is 4. The zero-order valence-corrected chi connectivity index (χ0v) is 23.0. The van der Waals surface area contributed by atoms with Gasteiger partial charge in [0.1, 0.15) is 6.61 Å². The second-order valence-corrected chi connectivity index (χ2v) is 9.48. The van der Waals surface area contributed by atoms with Gasteiger partial charge in [0.05, 0.1) is 26.5 Å². The molecule has 3 aromatic carbocycles. The van der Waals surface area contributed by atoms with Crippen molar-refractivity contribution in [1.29, 1.82) is 0 Å². The molecule has 1 aliphatic heterocycles. The fraction of sp³-hybridized carbons (Fsp3) is 0.214. The topological polar surface area (TPSA) is 106 Å². The van der Waals surface area contributed by atoms with Gasteiger partial charge in [-0.2, -0.15) is 20.1 Å². The molecule has 39 heavy (non-hydrogen) atoms. The van der Waals surface area contributed by atoms with Gasteiger partial charge in [-0.15, -0.1) is 0 Å². The van der Waals surface area contributed by atoms with E-state index in [1.807, 2.05) is 72.8 Å². The minimum absolute atomic E-state index is 0.322. The molecule has 11 heteroatoms. The van der Waals surface area contributed by atoms with Crippen molar-refractivity contribution in [2.75, 3.05) is 49.1 Å². The van der Waals surface area contributed by atoms with Crippen molar-refractivity contribution < 1.29 is 14.2 Å². The van der Waals surface area contributed by atoms with Gasteiger partial charge in [-0.1, -0.05) is 46.3 Å². The summed E-state index contributed by atoms with van der Waals surface area (Å²) in [6.45, 7) is 3.08. The monoisotopic (exact) mass is 589 g/mol. The van der Waals surface area contributed by atoms with Gasteiger partial charge in [0.15, 0.2) is 11.5 Å². The quantitative estimate of drug-likeness (QED) is 0.189. The summed E-state index contributed by atoms with van der Waals surface area (Å²) in [5.41, 5.74) is 5.69. The molecule has 10 nitrogen and oxygen atoms in total. The van der Waals surface area contributed by atoms with Gasteiger partial charge >= 0.3 is 0 Å². The van der Waals surface area contributed by atoms with Crippen LogP contribution < -0.4 is 25.1 Å². The van der Waals surface area contributed by atoms with E-state index in [1.165, 1.54) is 0 Å². The van der Waals surface area contributed by atoms with Crippen LogP contribution >= 0.6 is 15.9 Å². The normalized spacial score (nSPS) is 13.3. The molecule has 0 bridgehead atoms. The van der Waals surface area contributed by atoms with E-state index in [1.54, 1.807) is 13.3 Å². The summed E-state index contributed by atoms with van der Waals surface area (Å²) in [7, 11) is 1.61. The molecule has 2 heterocycles. The Morgan fingerprint density at radius 3 is 2.49 bits per heavy atom. The van der Waals surface area contributed by atoms with E-state index in [-0.39, 0.29) is 0 Å². The zero-order chi connectivity index (χ0) is 26.9. The van der Waals surface area contributed by atoms with Crippen molar-refractivity contribution in [1.82, 2.24) is 15.0 Å². The van der Waals surface area contributed by atoms with Crippen LogP contribution in [0.2, 0.25) is 0 Å². The standard InChI is InChI=1S/C28H28BrN7O3/c1-37-25-17-21(9-12-24(25)39-19-20-7-10-22(29)11-8-20)18-30-35-27-32-26(31-23-5-3-2-4-6-23)33-28(34-27)36-13-15-38-16-14-36/h2-12,17-18H,13-16,19H2,1H3,(H2,31,32,33,34,35)/b30-18-. The molecule has 1 fully saturated rings. The molecule has 0 atom stereocenters. The van der Waals surface area contributed by atoms with Crippen molar-refractivity contribution in [3.8, 4) is 11.5 Å². The number of ether oxygens (including phenoxy) is 3. The molecule has 0 radical (unpaired) electrons. The number of aromatic nitrogens is 3. The predicted molar refractivity (Wildman–Crippen MR) is 155 cm³/mol. The van der Waals surface area contributed by atoms with Crippen LogP contribution in [0.15, 0.2) is 82.4 Å². The van der Waals surface area contributed by atoms with Crippen molar-refractivity contribution in [3.05, 3.63) is 88.4 Å². The second-order valence-electron chi connectivity index (χ2n) is 8.57. The molecule has 200 valence electrons. The van der Waals surface area contributed by atoms with E-state index >= 15 is 0 Å². The molecular weight excluding hydrogens is 562 g/mol. The van der Waals surface area contributed by atoms with Crippen LogP contribution in [0.25, 0.3) is 0 Å². The molecule has 2 N–H and O–H groups in total. The molecule has 0 spiro atoms. The Labute approximate surface area is 235 Å². The van der Waals surface area contributed by atoms with E-state index in [0.717, 1.165) is 21.3 Å². The number of hydrogen-bond donors (Lipinski definition) is 2. The van der Waals surface area contributed by atoms with Gasteiger partial charge in [0.25, 0.3) is 0 Å². The van der Waals surface area contributed by atoms with Crippen LogP contribution in [-0.2, 0) is 11.3 Å². The molecule has 1 aliphatic rings. The van der Waals surface area contributed by atoms with Crippen LogP contribution in [-0.4, -0.2) is 54.6 Å². The first-order chi connectivity index (χ1) is 19.2. The van der Waals surface area contributed by atoms with Crippen molar-refractivity contribution >= 4 is 45.7 Å². The molecule has 5 rings (SSSR count). The van der Waals surface area contributed by atoms with Gasteiger partial charge in [-0.05, 0) is 53.6 Å². The van der Waals surface area contributed by atoms with Crippen molar-refractivity contribution in [3.63, 3.8) is 0 Å². The van der Waals surface area contributed by atoms with Crippen LogP contribution in [0.1, 0.15) is 11.1 Å². The van der Waals surface area contributed by atoms with Gasteiger partial charge in [-0.25, -0.2) is 5.43 Å². The highest BCUT2D eigenvalue weighted by Gasteiger charge is 2.17. The van der Waals surface area contributed by atoms with Crippen LogP contribution in [0, 0.1) is 0 Å². The minimum atomic E-state index is 0.322. The molecule has 1 saturated heterocycles. The molecule has 0 saturated carbocycles. The van der Waals surface area contributed by atoms with Gasteiger partial charge in [-0.3, -0.25) is 0 Å². The fourth-order valence-corrected chi connectivity index (χ4v) is 4.08. The largest absolute Gasteiger partial charge is 0.493 e. The Kier molecular flexibility index (Phi) is 8.82. The maximum absolute atomic E-state index is 5.97. The summed E-state index contributed by atoms with van der Waals surface area (Å²) in [4.78, 5) is 15.7. The summed E-state index contributed by atoms with van der Waals surface area (Å²) in [5, 5.41) is 7.59. The van der Waals surface area contributed by atoms with E-state index in [9.17, 15) is 0 Å². The van der Waals surface area contributed by atoms with Crippen LogP contribution in [0.3, 0.4) is 0 Å². The number of benzene rings is 3. The fourth-order valence-electron chi connectivity index (χ4n) is 3.82. The maximum Gasteiger partial charge on any atom is 0.250 e. The number of nitrogens with zero attached hydrogens (tertiary/aromatic N) is 5. The molecule has 0 amide bonds. The van der Waals surface area contributed by atoms with Crippen molar-refractivity contribution in [2.24, 2.45) is 5.10 Å². The lowest BCUT2D eigenvalue weighted by Gasteiger charge is -2.27.